The number of amides is 3. The van der Waals surface area contributed by atoms with Crippen molar-refractivity contribution in [3.8, 4) is 11.3 Å². The molecule has 0 bridgehead atoms. The number of piperidine rings is 2. The number of fused-ring (bicyclic) bond motifs is 1. The third-order valence-corrected chi connectivity index (χ3v) is 6.97. The lowest BCUT2D eigenvalue weighted by Crippen LogP contribution is -2.52. The van der Waals surface area contributed by atoms with Crippen molar-refractivity contribution >= 4 is 17.7 Å². The molecule has 0 spiro atoms. The second-order valence-electron chi connectivity index (χ2n) is 9.14. The zero-order chi connectivity index (χ0) is 22.2. The number of hydrogen-bond acceptors (Lipinski definition) is 5. The highest BCUT2D eigenvalue weighted by Crippen LogP contribution is 2.31. The van der Waals surface area contributed by atoms with Gasteiger partial charge < -0.3 is 4.90 Å². The summed E-state index contributed by atoms with van der Waals surface area (Å²) >= 11 is 0. The van der Waals surface area contributed by atoms with Gasteiger partial charge in [0.05, 0.1) is 5.69 Å². The summed E-state index contributed by atoms with van der Waals surface area (Å²) in [6.07, 6.45) is 6.30. The average molecular weight is 433 g/mol. The summed E-state index contributed by atoms with van der Waals surface area (Å²) in [7, 11) is 0. The molecule has 7 nitrogen and oxygen atoms in total. The van der Waals surface area contributed by atoms with Crippen LogP contribution in [0.1, 0.15) is 60.5 Å². The minimum Gasteiger partial charge on any atom is -0.322 e. The summed E-state index contributed by atoms with van der Waals surface area (Å²) in [6, 6.07) is 9.99. The van der Waals surface area contributed by atoms with E-state index in [0.29, 0.717) is 24.6 Å². The fourth-order valence-corrected chi connectivity index (χ4v) is 5.09. The summed E-state index contributed by atoms with van der Waals surface area (Å²) < 4.78 is 0. The standard InChI is InChI=1S/C25H28N4O3/c1-16-4-2-3-11-28(16)14-17-9-10-26-21(12-17)18-5-6-20-19(13-18)15-29(25(20)32)22-7-8-23(30)27-24(22)31/h5-6,9-10,12-13,16,22H,2-4,7-8,11,14-15H2,1H3,(H,27,30,31). The molecule has 2 unspecified atom stereocenters. The van der Waals surface area contributed by atoms with E-state index in [4.69, 9.17) is 0 Å². The van der Waals surface area contributed by atoms with E-state index in [1.165, 1.54) is 24.8 Å². The molecular weight excluding hydrogens is 404 g/mol. The number of carbonyl (C=O) groups is 3. The summed E-state index contributed by atoms with van der Waals surface area (Å²) in [5.74, 6) is -0.812. The van der Waals surface area contributed by atoms with Gasteiger partial charge in [-0.1, -0.05) is 12.5 Å². The van der Waals surface area contributed by atoms with Crippen LogP contribution in [0.3, 0.4) is 0 Å². The Labute approximate surface area is 187 Å². The predicted molar refractivity (Wildman–Crippen MR) is 119 cm³/mol. The van der Waals surface area contributed by atoms with E-state index in [9.17, 15) is 14.4 Å². The monoisotopic (exact) mass is 432 g/mol. The molecule has 2 fully saturated rings. The Balaban J connectivity index is 1.35. The second kappa shape index (κ2) is 8.47. The van der Waals surface area contributed by atoms with Gasteiger partial charge >= 0.3 is 0 Å². The molecule has 2 atom stereocenters. The number of nitrogens with zero attached hydrogens (tertiary/aromatic N) is 3. The minimum atomic E-state index is -0.593. The zero-order valence-corrected chi connectivity index (χ0v) is 18.3. The lowest BCUT2D eigenvalue weighted by molar-refractivity contribution is -0.136. The van der Waals surface area contributed by atoms with Crippen molar-refractivity contribution in [2.45, 2.75) is 64.2 Å². The number of hydrogen-bond donors (Lipinski definition) is 1. The molecule has 1 aromatic carbocycles. The normalized spacial score (nSPS) is 23.9. The van der Waals surface area contributed by atoms with Crippen LogP contribution in [-0.2, 0) is 22.7 Å². The molecule has 7 heteroatoms. The van der Waals surface area contributed by atoms with Crippen LogP contribution in [0.25, 0.3) is 11.3 Å². The molecule has 3 aliphatic heterocycles. The summed E-state index contributed by atoms with van der Waals surface area (Å²) in [6.45, 7) is 4.73. The minimum absolute atomic E-state index is 0.151. The van der Waals surface area contributed by atoms with Gasteiger partial charge in [0, 0.05) is 42.9 Å². The molecule has 5 rings (SSSR count). The van der Waals surface area contributed by atoms with E-state index in [2.05, 4.69) is 34.3 Å². The number of likely N-dealkylation sites (tertiary alicyclic amines) is 1. The first-order valence-electron chi connectivity index (χ1n) is 11.5. The SMILES string of the molecule is CC1CCCCN1Cc1ccnc(-c2ccc3c(c2)CN(C2CCC(=O)NC2=O)C3=O)c1. The van der Waals surface area contributed by atoms with Gasteiger partial charge in [0.2, 0.25) is 11.8 Å². The van der Waals surface area contributed by atoms with Gasteiger partial charge in [-0.15, -0.1) is 0 Å². The topological polar surface area (TPSA) is 82.6 Å². The molecule has 4 heterocycles. The number of benzene rings is 1. The maximum absolute atomic E-state index is 12.9. The van der Waals surface area contributed by atoms with Crippen LogP contribution in [0.4, 0.5) is 0 Å². The van der Waals surface area contributed by atoms with Crippen LogP contribution in [0, 0.1) is 0 Å². The Morgan fingerprint density at radius 2 is 1.97 bits per heavy atom. The molecule has 2 saturated heterocycles. The molecule has 1 aromatic heterocycles. The highest BCUT2D eigenvalue weighted by atomic mass is 16.2. The lowest BCUT2D eigenvalue weighted by Gasteiger charge is -2.33. The maximum atomic E-state index is 12.9. The van der Waals surface area contributed by atoms with Crippen molar-refractivity contribution in [3.63, 3.8) is 0 Å². The van der Waals surface area contributed by atoms with Crippen molar-refractivity contribution in [1.82, 2.24) is 20.1 Å². The molecule has 0 aliphatic carbocycles. The highest BCUT2D eigenvalue weighted by Gasteiger charge is 2.39. The van der Waals surface area contributed by atoms with Crippen molar-refractivity contribution in [2.24, 2.45) is 0 Å². The molecule has 0 saturated carbocycles. The zero-order valence-electron chi connectivity index (χ0n) is 18.3. The van der Waals surface area contributed by atoms with Gasteiger partial charge in [-0.25, -0.2) is 0 Å². The third-order valence-electron chi connectivity index (χ3n) is 6.97. The Bertz CT molecular complexity index is 1080. The Kier molecular flexibility index (Phi) is 5.51. The van der Waals surface area contributed by atoms with Crippen LogP contribution in [0.2, 0.25) is 0 Å². The number of carbonyl (C=O) groups excluding carboxylic acids is 3. The van der Waals surface area contributed by atoms with E-state index in [0.717, 1.165) is 29.9 Å². The average Bonchev–Trinajstić information content (AvgIpc) is 3.11. The van der Waals surface area contributed by atoms with Gasteiger partial charge in [0.15, 0.2) is 0 Å². The van der Waals surface area contributed by atoms with Gasteiger partial charge in [0.25, 0.3) is 5.91 Å². The van der Waals surface area contributed by atoms with Crippen LogP contribution in [0.5, 0.6) is 0 Å². The van der Waals surface area contributed by atoms with Crippen molar-refractivity contribution in [3.05, 3.63) is 53.2 Å². The molecule has 32 heavy (non-hydrogen) atoms. The first kappa shape index (κ1) is 20.8. The van der Waals surface area contributed by atoms with Gasteiger partial charge in [-0.2, -0.15) is 0 Å². The van der Waals surface area contributed by atoms with E-state index in [-0.39, 0.29) is 24.1 Å². The summed E-state index contributed by atoms with van der Waals surface area (Å²) in [5, 5.41) is 2.35. The Morgan fingerprint density at radius 3 is 2.78 bits per heavy atom. The molecule has 166 valence electrons. The van der Waals surface area contributed by atoms with Crippen LogP contribution < -0.4 is 5.32 Å². The van der Waals surface area contributed by atoms with Crippen LogP contribution in [-0.4, -0.2) is 51.1 Å². The lowest BCUT2D eigenvalue weighted by atomic mass is 10.0. The first-order chi connectivity index (χ1) is 15.5. The van der Waals surface area contributed by atoms with E-state index in [1.54, 1.807) is 4.90 Å². The number of imide groups is 1. The smallest absolute Gasteiger partial charge is 0.255 e. The van der Waals surface area contributed by atoms with Crippen LogP contribution in [0.15, 0.2) is 36.5 Å². The largest absolute Gasteiger partial charge is 0.322 e. The number of aromatic nitrogens is 1. The highest BCUT2D eigenvalue weighted by molar-refractivity contribution is 6.05. The first-order valence-corrected chi connectivity index (χ1v) is 11.5. The quantitative estimate of drug-likeness (QED) is 0.752. The third kappa shape index (κ3) is 3.93. The maximum Gasteiger partial charge on any atom is 0.255 e. The van der Waals surface area contributed by atoms with Crippen molar-refractivity contribution in [1.29, 1.82) is 0 Å². The van der Waals surface area contributed by atoms with E-state index in [1.807, 2.05) is 24.4 Å². The molecule has 3 amide bonds. The summed E-state index contributed by atoms with van der Waals surface area (Å²) in [5.41, 5.74) is 4.62. The van der Waals surface area contributed by atoms with Crippen molar-refractivity contribution in [2.75, 3.05) is 6.54 Å². The van der Waals surface area contributed by atoms with Gasteiger partial charge in [-0.05, 0) is 68.1 Å². The molecular formula is C25H28N4O3. The molecule has 2 aromatic rings. The fourth-order valence-electron chi connectivity index (χ4n) is 5.09. The number of nitrogens with one attached hydrogen (secondary N) is 1. The molecule has 0 radical (unpaired) electrons. The van der Waals surface area contributed by atoms with Crippen molar-refractivity contribution < 1.29 is 14.4 Å². The number of rotatable bonds is 4. The molecule has 3 aliphatic rings. The second-order valence-corrected chi connectivity index (χ2v) is 9.14. The Hall–Kier alpha value is -3.06. The number of pyridine rings is 1. The predicted octanol–water partition coefficient (Wildman–Crippen LogP) is 2.88. The van der Waals surface area contributed by atoms with E-state index >= 15 is 0 Å². The molecule has 1 N–H and O–H groups in total. The fraction of sp³-hybridized carbons (Fsp3) is 0.440. The van der Waals surface area contributed by atoms with Gasteiger partial charge in [-0.3, -0.25) is 29.6 Å². The Morgan fingerprint density at radius 1 is 1.09 bits per heavy atom. The van der Waals surface area contributed by atoms with Gasteiger partial charge in [0.1, 0.15) is 6.04 Å². The van der Waals surface area contributed by atoms with Crippen LogP contribution >= 0.6 is 0 Å². The summed E-state index contributed by atoms with van der Waals surface area (Å²) in [4.78, 5) is 45.3. The van der Waals surface area contributed by atoms with E-state index < -0.39 is 6.04 Å².